The molecule has 1 N–H and O–H groups in total. The molecule has 1 aliphatic heterocycles. The van der Waals surface area contributed by atoms with Crippen LogP contribution in [0.5, 0.6) is 5.75 Å². The van der Waals surface area contributed by atoms with Crippen molar-refractivity contribution in [2.24, 2.45) is 5.92 Å². The van der Waals surface area contributed by atoms with Crippen LogP contribution in [0.25, 0.3) is 0 Å². The van der Waals surface area contributed by atoms with Gasteiger partial charge in [-0.15, -0.1) is 11.6 Å². The monoisotopic (exact) mass is 293 g/mol. The van der Waals surface area contributed by atoms with Crippen molar-refractivity contribution in [2.45, 2.75) is 37.6 Å². The Balaban J connectivity index is 1.68. The van der Waals surface area contributed by atoms with Gasteiger partial charge in [-0.2, -0.15) is 0 Å². The Hall–Kier alpha value is -1.22. The molecule has 20 heavy (non-hydrogen) atoms. The quantitative estimate of drug-likeness (QED) is 0.870. The molecule has 4 heteroatoms. The molecule has 0 radical (unpaired) electrons. The third-order valence-corrected chi connectivity index (χ3v) is 4.85. The molecule has 1 heterocycles. The highest BCUT2D eigenvalue weighted by molar-refractivity contribution is 6.18. The van der Waals surface area contributed by atoms with Crippen LogP contribution in [0.15, 0.2) is 24.3 Å². The molecule has 1 aromatic carbocycles. The normalized spacial score (nSPS) is 28.6. The topological polar surface area (TPSA) is 38.3 Å². The van der Waals surface area contributed by atoms with Crippen LogP contribution in [0.3, 0.4) is 0 Å². The Morgan fingerprint density at radius 1 is 1.30 bits per heavy atom. The van der Waals surface area contributed by atoms with Gasteiger partial charge < -0.3 is 10.1 Å². The van der Waals surface area contributed by atoms with E-state index in [1.54, 1.807) is 0 Å². The van der Waals surface area contributed by atoms with Gasteiger partial charge in [-0.05, 0) is 24.8 Å². The third kappa shape index (κ3) is 2.64. The van der Waals surface area contributed by atoms with Crippen molar-refractivity contribution in [3.05, 3.63) is 29.8 Å². The minimum absolute atomic E-state index is 0.0805. The Morgan fingerprint density at radius 3 is 2.95 bits per heavy atom. The SMILES string of the molecule is O=C(NC1CCCCC1CCl)C1COc2ccccc21. The number of benzene rings is 1. The number of amides is 1. The summed E-state index contributed by atoms with van der Waals surface area (Å²) in [5, 5.41) is 3.20. The summed E-state index contributed by atoms with van der Waals surface area (Å²) in [6.07, 6.45) is 4.56. The minimum atomic E-state index is -0.177. The molecule has 1 saturated carbocycles. The summed E-state index contributed by atoms with van der Waals surface area (Å²) in [4.78, 5) is 12.5. The highest BCUT2D eigenvalue weighted by Gasteiger charge is 2.33. The predicted molar refractivity (Wildman–Crippen MR) is 79.3 cm³/mol. The van der Waals surface area contributed by atoms with E-state index in [0.29, 0.717) is 18.4 Å². The molecule has 1 fully saturated rings. The van der Waals surface area contributed by atoms with Crippen LogP contribution in [0.1, 0.15) is 37.2 Å². The molecule has 3 nitrogen and oxygen atoms in total. The lowest BCUT2D eigenvalue weighted by molar-refractivity contribution is -0.124. The van der Waals surface area contributed by atoms with E-state index in [4.69, 9.17) is 16.3 Å². The number of para-hydroxylation sites is 1. The van der Waals surface area contributed by atoms with Crippen molar-refractivity contribution < 1.29 is 9.53 Å². The van der Waals surface area contributed by atoms with Crippen LogP contribution in [-0.4, -0.2) is 24.4 Å². The van der Waals surface area contributed by atoms with Gasteiger partial charge in [0.25, 0.3) is 0 Å². The lowest BCUT2D eigenvalue weighted by Gasteiger charge is -2.31. The fourth-order valence-electron chi connectivity index (χ4n) is 3.25. The Labute approximate surface area is 124 Å². The average Bonchev–Trinajstić information content (AvgIpc) is 2.92. The number of rotatable bonds is 3. The number of nitrogens with one attached hydrogen (secondary N) is 1. The number of carbonyl (C=O) groups excluding carboxylic acids is 1. The second-order valence-electron chi connectivity index (χ2n) is 5.72. The van der Waals surface area contributed by atoms with Crippen molar-refractivity contribution in [2.75, 3.05) is 12.5 Å². The summed E-state index contributed by atoms with van der Waals surface area (Å²) in [5.74, 6) is 1.78. The molecular weight excluding hydrogens is 274 g/mol. The molecule has 3 rings (SSSR count). The van der Waals surface area contributed by atoms with E-state index in [0.717, 1.165) is 24.2 Å². The van der Waals surface area contributed by atoms with Crippen molar-refractivity contribution in [3.8, 4) is 5.75 Å². The summed E-state index contributed by atoms with van der Waals surface area (Å²) in [5.41, 5.74) is 1.00. The van der Waals surface area contributed by atoms with Gasteiger partial charge in [0.2, 0.25) is 5.91 Å². The van der Waals surface area contributed by atoms with E-state index in [1.165, 1.54) is 12.8 Å². The zero-order chi connectivity index (χ0) is 13.9. The van der Waals surface area contributed by atoms with Crippen LogP contribution >= 0.6 is 11.6 Å². The first-order valence-corrected chi connectivity index (χ1v) is 7.91. The summed E-state index contributed by atoms with van der Waals surface area (Å²) < 4.78 is 5.59. The Morgan fingerprint density at radius 2 is 2.10 bits per heavy atom. The van der Waals surface area contributed by atoms with Crippen LogP contribution in [0.4, 0.5) is 0 Å². The minimum Gasteiger partial charge on any atom is -0.492 e. The fourth-order valence-corrected chi connectivity index (χ4v) is 3.61. The molecule has 1 aliphatic carbocycles. The Bertz CT molecular complexity index is 491. The molecular formula is C16H20ClNO2. The van der Waals surface area contributed by atoms with Gasteiger partial charge in [-0.1, -0.05) is 31.0 Å². The van der Waals surface area contributed by atoms with Gasteiger partial charge in [0.15, 0.2) is 0 Å². The van der Waals surface area contributed by atoms with Gasteiger partial charge in [0, 0.05) is 17.5 Å². The standard InChI is InChI=1S/C16H20ClNO2/c17-9-11-5-1-3-7-14(11)18-16(19)13-10-20-15-8-4-2-6-12(13)15/h2,4,6,8,11,13-14H,1,3,5,7,9-10H2,(H,18,19). The van der Waals surface area contributed by atoms with Crippen LogP contribution < -0.4 is 10.1 Å². The zero-order valence-electron chi connectivity index (χ0n) is 11.5. The molecule has 0 aromatic heterocycles. The summed E-state index contributed by atoms with van der Waals surface area (Å²) >= 11 is 6.02. The summed E-state index contributed by atoms with van der Waals surface area (Å²) in [7, 11) is 0. The fraction of sp³-hybridized carbons (Fsp3) is 0.562. The van der Waals surface area contributed by atoms with Gasteiger partial charge in [0.1, 0.15) is 18.3 Å². The average molecular weight is 294 g/mol. The maximum Gasteiger partial charge on any atom is 0.231 e. The lowest BCUT2D eigenvalue weighted by Crippen LogP contribution is -2.45. The van der Waals surface area contributed by atoms with Gasteiger partial charge in [-0.25, -0.2) is 0 Å². The second-order valence-corrected chi connectivity index (χ2v) is 6.02. The smallest absolute Gasteiger partial charge is 0.231 e. The molecule has 2 aliphatic rings. The maximum absolute atomic E-state index is 12.5. The molecule has 3 atom stereocenters. The zero-order valence-corrected chi connectivity index (χ0v) is 12.2. The molecule has 1 aromatic rings. The Kier molecular flexibility index (Phi) is 4.16. The number of hydrogen-bond acceptors (Lipinski definition) is 2. The van der Waals surface area contributed by atoms with E-state index >= 15 is 0 Å². The molecule has 0 saturated heterocycles. The third-order valence-electron chi connectivity index (χ3n) is 4.45. The number of alkyl halides is 1. The number of ether oxygens (including phenoxy) is 1. The van der Waals surface area contributed by atoms with Crippen LogP contribution in [0.2, 0.25) is 0 Å². The summed E-state index contributed by atoms with van der Waals surface area (Å²) in [6, 6.07) is 8.01. The van der Waals surface area contributed by atoms with E-state index in [9.17, 15) is 4.79 Å². The van der Waals surface area contributed by atoms with Crippen molar-refractivity contribution in [3.63, 3.8) is 0 Å². The van der Waals surface area contributed by atoms with Crippen molar-refractivity contribution >= 4 is 17.5 Å². The number of fused-ring (bicyclic) bond motifs is 1. The number of hydrogen-bond donors (Lipinski definition) is 1. The maximum atomic E-state index is 12.5. The lowest BCUT2D eigenvalue weighted by atomic mass is 9.85. The molecule has 108 valence electrons. The number of halogens is 1. The van der Waals surface area contributed by atoms with Gasteiger partial charge in [-0.3, -0.25) is 4.79 Å². The molecule has 3 unspecified atom stereocenters. The largest absolute Gasteiger partial charge is 0.492 e. The first kappa shape index (κ1) is 13.7. The highest BCUT2D eigenvalue weighted by Crippen LogP contribution is 2.34. The van der Waals surface area contributed by atoms with Crippen LogP contribution in [-0.2, 0) is 4.79 Å². The summed E-state index contributed by atoms with van der Waals surface area (Å²) in [6.45, 7) is 0.448. The number of carbonyl (C=O) groups is 1. The molecule has 1 amide bonds. The van der Waals surface area contributed by atoms with E-state index in [-0.39, 0.29) is 17.9 Å². The van der Waals surface area contributed by atoms with E-state index in [2.05, 4.69) is 5.32 Å². The van der Waals surface area contributed by atoms with Gasteiger partial charge >= 0.3 is 0 Å². The van der Waals surface area contributed by atoms with Crippen molar-refractivity contribution in [1.29, 1.82) is 0 Å². The van der Waals surface area contributed by atoms with E-state index in [1.807, 2.05) is 24.3 Å². The van der Waals surface area contributed by atoms with Crippen LogP contribution in [0, 0.1) is 5.92 Å². The first-order valence-electron chi connectivity index (χ1n) is 7.37. The van der Waals surface area contributed by atoms with Crippen molar-refractivity contribution in [1.82, 2.24) is 5.32 Å². The first-order chi connectivity index (χ1) is 9.79. The second kappa shape index (κ2) is 6.04. The van der Waals surface area contributed by atoms with Gasteiger partial charge in [0.05, 0.1) is 0 Å². The highest BCUT2D eigenvalue weighted by atomic mass is 35.5. The van der Waals surface area contributed by atoms with E-state index < -0.39 is 0 Å². The molecule has 0 spiro atoms. The molecule has 0 bridgehead atoms. The predicted octanol–water partition coefficient (Wildman–Crippen LogP) is 3.08.